The van der Waals surface area contributed by atoms with E-state index in [4.69, 9.17) is 4.74 Å². The van der Waals surface area contributed by atoms with Gasteiger partial charge in [0.25, 0.3) is 0 Å². The number of nitrogens with one attached hydrogen (secondary N) is 2. The number of aliphatic hydroxyl groups is 1. The average Bonchev–Trinajstić information content (AvgIpc) is 2.90. The largest absolute Gasteiger partial charge is 0.494 e. The zero-order valence-electron chi connectivity index (χ0n) is 22.0. The van der Waals surface area contributed by atoms with E-state index in [-0.39, 0.29) is 42.7 Å². The Morgan fingerprint density at radius 3 is 2.31 bits per heavy atom. The van der Waals surface area contributed by atoms with Crippen LogP contribution in [-0.4, -0.2) is 42.6 Å². The van der Waals surface area contributed by atoms with E-state index in [2.05, 4.69) is 23.6 Å². The third kappa shape index (κ3) is 9.23. The summed E-state index contributed by atoms with van der Waals surface area (Å²) < 4.78 is 46.3. The van der Waals surface area contributed by atoms with Crippen molar-refractivity contribution in [2.24, 2.45) is 0 Å². The lowest BCUT2D eigenvalue weighted by Gasteiger charge is -2.25. The number of Topliss-reactive ketones (excluding diaryl/α,β-unsaturated/α-hetero) is 1. The van der Waals surface area contributed by atoms with Gasteiger partial charge in [0.2, 0.25) is 5.91 Å². The Morgan fingerprint density at radius 1 is 0.923 bits per heavy atom. The first kappa shape index (κ1) is 29.9. The van der Waals surface area contributed by atoms with E-state index < -0.39 is 41.3 Å². The number of carbonyl (C=O) groups is 2. The molecule has 0 aliphatic rings. The number of amides is 1. The fraction of sp³-hybridized carbons (Fsp3) is 0.333. The van der Waals surface area contributed by atoms with E-state index in [1.165, 1.54) is 24.8 Å². The van der Waals surface area contributed by atoms with Gasteiger partial charge in [0.1, 0.15) is 11.6 Å². The van der Waals surface area contributed by atoms with Crippen LogP contribution in [0.5, 0.6) is 5.75 Å². The molecule has 3 rings (SSSR count). The van der Waals surface area contributed by atoms with E-state index in [0.29, 0.717) is 6.54 Å². The van der Waals surface area contributed by atoms with E-state index in [9.17, 15) is 27.9 Å². The van der Waals surface area contributed by atoms with Gasteiger partial charge in [-0.25, -0.2) is 13.2 Å². The third-order valence-corrected chi connectivity index (χ3v) is 6.32. The summed E-state index contributed by atoms with van der Waals surface area (Å²) in [5.41, 5.74) is 2.57. The highest BCUT2D eigenvalue weighted by atomic mass is 19.1. The molecule has 0 aromatic heterocycles. The van der Waals surface area contributed by atoms with Crippen LogP contribution < -0.4 is 15.4 Å². The Morgan fingerprint density at radius 2 is 1.64 bits per heavy atom. The Kier molecular flexibility index (Phi) is 11.1. The Hall–Kier alpha value is -3.69. The molecule has 39 heavy (non-hydrogen) atoms. The Labute approximate surface area is 226 Å². The molecule has 0 bridgehead atoms. The lowest BCUT2D eigenvalue weighted by Crippen LogP contribution is -2.48. The minimum absolute atomic E-state index is 0.00147. The maximum absolute atomic E-state index is 13.9. The second kappa shape index (κ2) is 14.5. The fourth-order valence-corrected chi connectivity index (χ4v) is 4.22. The number of hydrogen-bond acceptors (Lipinski definition) is 5. The van der Waals surface area contributed by atoms with Crippen molar-refractivity contribution in [2.45, 2.75) is 51.3 Å². The van der Waals surface area contributed by atoms with Crippen LogP contribution in [-0.2, 0) is 24.2 Å². The fourth-order valence-electron chi connectivity index (χ4n) is 4.22. The summed E-state index contributed by atoms with van der Waals surface area (Å²) in [5, 5.41) is 16.7. The highest BCUT2D eigenvalue weighted by Crippen LogP contribution is 2.19. The SMILES string of the molecule is CCc1cccc(CNCC(O)C(Cc2cc(F)cc(F)c2)NC(=O)CCC(=O)c2ccc(OC)c(F)c2)c1. The van der Waals surface area contributed by atoms with Crippen LogP contribution in [0.2, 0.25) is 0 Å². The summed E-state index contributed by atoms with van der Waals surface area (Å²) >= 11 is 0. The molecule has 2 unspecified atom stereocenters. The van der Waals surface area contributed by atoms with Crippen molar-refractivity contribution in [3.63, 3.8) is 0 Å². The highest BCUT2D eigenvalue weighted by molar-refractivity contribution is 5.98. The maximum Gasteiger partial charge on any atom is 0.220 e. The molecular formula is C30H33F3N2O4. The van der Waals surface area contributed by atoms with Crippen LogP contribution in [0.4, 0.5) is 13.2 Å². The molecule has 9 heteroatoms. The summed E-state index contributed by atoms with van der Waals surface area (Å²) in [7, 11) is 1.31. The standard InChI is InChI=1S/C30H33F3N2O4/c1-3-19-5-4-6-20(11-19)17-34-18-28(37)26(14-21-12-23(31)16-24(32)13-21)35-30(38)10-8-27(36)22-7-9-29(39-2)25(33)15-22/h4-7,9,11-13,15-16,26,28,34,37H,3,8,10,14,17-18H2,1-2H3,(H,35,38). The van der Waals surface area contributed by atoms with Crippen molar-refractivity contribution in [1.82, 2.24) is 10.6 Å². The van der Waals surface area contributed by atoms with Gasteiger partial charge in [-0.2, -0.15) is 0 Å². The lowest BCUT2D eigenvalue weighted by molar-refractivity contribution is -0.122. The van der Waals surface area contributed by atoms with E-state index in [0.717, 1.165) is 36.2 Å². The molecular weight excluding hydrogens is 509 g/mol. The van der Waals surface area contributed by atoms with Gasteiger partial charge in [-0.15, -0.1) is 0 Å². The van der Waals surface area contributed by atoms with Gasteiger partial charge in [0.15, 0.2) is 17.3 Å². The molecule has 0 saturated heterocycles. The van der Waals surface area contributed by atoms with Crippen molar-refractivity contribution < 1.29 is 32.6 Å². The number of ether oxygens (including phenoxy) is 1. The molecule has 0 aliphatic carbocycles. The van der Waals surface area contributed by atoms with Crippen molar-refractivity contribution in [3.05, 3.63) is 100 Å². The number of benzene rings is 3. The molecule has 0 saturated carbocycles. The molecule has 3 aromatic rings. The van der Waals surface area contributed by atoms with Gasteiger partial charge in [-0.3, -0.25) is 9.59 Å². The van der Waals surface area contributed by atoms with E-state index in [1.807, 2.05) is 18.2 Å². The van der Waals surface area contributed by atoms with Crippen LogP contribution in [0.1, 0.15) is 46.8 Å². The number of methoxy groups -OCH3 is 1. The topological polar surface area (TPSA) is 87.7 Å². The molecule has 3 N–H and O–H groups in total. The number of rotatable bonds is 14. The summed E-state index contributed by atoms with van der Waals surface area (Å²) in [6.07, 6.45) is -0.649. The average molecular weight is 543 g/mol. The molecule has 0 aliphatic heterocycles. The summed E-state index contributed by atoms with van der Waals surface area (Å²) in [6.45, 7) is 2.64. The van der Waals surface area contributed by atoms with Crippen molar-refractivity contribution in [1.29, 1.82) is 0 Å². The number of hydrogen-bond donors (Lipinski definition) is 3. The number of carbonyl (C=O) groups excluding carboxylic acids is 2. The quantitative estimate of drug-likeness (QED) is 0.261. The van der Waals surface area contributed by atoms with Crippen molar-refractivity contribution >= 4 is 11.7 Å². The Bertz CT molecular complexity index is 1260. The molecule has 0 radical (unpaired) electrons. The molecule has 0 heterocycles. The molecule has 3 aromatic carbocycles. The lowest BCUT2D eigenvalue weighted by atomic mass is 9.99. The van der Waals surface area contributed by atoms with E-state index in [1.54, 1.807) is 0 Å². The van der Waals surface area contributed by atoms with Crippen molar-refractivity contribution in [2.75, 3.05) is 13.7 Å². The first-order chi connectivity index (χ1) is 18.7. The zero-order valence-corrected chi connectivity index (χ0v) is 22.0. The molecule has 1 amide bonds. The predicted molar refractivity (Wildman–Crippen MR) is 142 cm³/mol. The molecule has 208 valence electrons. The third-order valence-electron chi connectivity index (χ3n) is 6.32. The maximum atomic E-state index is 13.9. The minimum Gasteiger partial charge on any atom is -0.494 e. The van der Waals surface area contributed by atoms with Gasteiger partial charge < -0.3 is 20.5 Å². The van der Waals surface area contributed by atoms with Crippen LogP contribution in [0.25, 0.3) is 0 Å². The highest BCUT2D eigenvalue weighted by Gasteiger charge is 2.23. The van der Waals surface area contributed by atoms with Crippen LogP contribution in [0.15, 0.2) is 60.7 Å². The van der Waals surface area contributed by atoms with Gasteiger partial charge in [-0.05, 0) is 59.9 Å². The number of halogens is 3. The summed E-state index contributed by atoms with van der Waals surface area (Å²) in [4.78, 5) is 25.2. The molecule has 2 atom stereocenters. The first-order valence-corrected chi connectivity index (χ1v) is 12.8. The molecule has 0 fully saturated rings. The van der Waals surface area contributed by atoms with Crippen molar-refractivity contribution in [3.8, 4) is 5.75 Å². The van der Waals surface area contributed by atoms with Gasteiger partial charge in [0.05, 0.1) is 19.3 Å². The second-order valence-electron chi connectivity index (χ2n) is 9.30. The smallest absolute Gasteiger partial charge is 0.220 e. The molecule has 0 spiro atoms. The molecule has 6 nitrogen and oxygen atoms in total. The number of aliphatic hydroxyl groups excluding tert-OH is 1. The summed E-state index contributed by atoms with van der Waals surface area (Å²) in [6, 6.07) is 13.9. The number of ketones is 1. The van der Waals surface area contributed by atoms with Crippen LogP contribution in [0, 0.1) is 17.5 Å². The normalized spacial score (nSPS) is 12.6. The van der Waals surface area contributed by atoms with Gasteiger partial charge in [0, 0.05) is 37.6 Å². The van der Waals surface area contributed by atoms with Gasteiger partial charge in [-0.1, -0.05) is 31.2 Å². The second-order valence-corrected chi connectivity index (χ2v) is 9.30. The Balaban J connectivity index is 1.63. The zero-order chi connectivity index (χ0) is 28.4. The minimum atomic E-state index is -1.10. The number of aryl methyl sites for hydroxylation is 1. The first-order valence-electron chi connectivity index (χ1n) is 12.8. The monoisotopic (exact) mass is 542 g/mol. The van der Waals surface area contributed by atoms with Gasteiger partial charge >= 0.3 is 0 Å². The summed E-state index contributed by atoms with van der Waals surface area (Å²) in [5.74, 6) is -3.19. The van der Waals surface area contributed by atoms with Crippen LogP contribution >= 0.6 is 0 Å². The van der Waals surface area contributed by atoms with E-state index >= 15 is 0 Å². The van der Waals surface area contributed by atoms with Crippen LogP contribution in [0.3, 0.4) is 0 Å². The predicted octanol–water partition coefficient (Wildman–Crippen LogP) is 4.52.